The maximum atomic E-state index is 9.86. The van der Waals surface area contributed by atoms with Crippen molar-refractivity contribution >= 4 is 0 Å². The number of methoxy groups -OCH3 is 2. The average Bonchev–Trinajstić information content (AvgIpc) is 2.15. The third-order valence-electron chi connectivity index (χ3n) is 2.78. The van der Waals surface area contributed by atoms with Crippen molar-refractivity contribution in [3.8, 4) is 0 Å². The predicted octanol–water partition coefficient (Wildman–Crippen LogP) is 0.558. The van der Waals surface area contributed by atoms with Crippen LogP contribution in [0.15, 0.2) is 0 Å². The minimum atomic E-state index is -0.998. The molecule has 0 saturated carbocycles. The lowest BCUT2D eigenvalue weighted by atomic mass is 9.87. The summed E-state index contributed by atoms with van der Waals surface area (Å²) in [4.78, 5) is 0. The number of hydrogen-bond acceptors (Lipinski definition) is 4. The Labute approximate surface area is 85.8 Å². The summed E-state index contributed by atoms with van der Waals surface area (Å²) >= 11 is 0. The van der Waals surface area contributed by atoms with Gasteiger partial charge in [-0.2, -0.15) is 0 Å². The van der Waals surface area contributed by atoms with Crippen LogP contribution in [0.5, 0.6) is 0 Å². The van der Waals surface area contributed by atoms with Crippen molar-refractivity contribution in [2.24, 2.45) is 0 Å². The van der Waals surface area contributed by atoms with E-state index < -0.39 is 23.4 Å². The van der Waals surface area contributed by atoms with E-state index in [1.54, 1.807) is 27.7 Å². The van der Waals surface area contributed by atoms with E-state index in [-0.39, 0.29) is 0 Å². The van der Waals surface area contributed by atoms with Crippen LogP contribution in [0.2, 0.25) is 0 Å². The molecule has 86 valence electrons. The van der Waals surface area contributed by atoms with Crippen molar-refractivity contribution in [2.45, 2.75) is 51.1 Å². The minimum absolute atomic E-state index is 0.796. The molecule has 0 radical (unpaired) electrons. The zero-order chi connectivity index (χ0) is 11.6. The number of rotatable bonds is 5. The molecule has 1 unspecified atom stereocenters. The number of aliphatic hydroxyl groups excluding tert-OH is 2. The van der Waals surface area contributed by atoms with Crippen LogP contribution in [-0.2, 0) is 9.47 Å². The van der Waals surface area contributed by atoms with Crippen molar-refractivity contribution in [1.82, 2.24) is 0 Å². The Morgan fingerprint density at radius 1 is 0.786 bits per heavy atom. The lowest BCUT2D eigenvalue weighted by Crippen LogP contribution is -2.55. The summed E-state index contributed by atoms with van der Waals surface area (Å²) in [5.74, 6) is 0. The third kappa shape index (κ3) is 2.92. The first-order valence-electron chi connectivity index (χ1n) is 4.65. The molecule has 4 heteroatoms. The summed E-state index contributed by atoms with van der Waals surface area (Å²) in [5.41, 5.74) is -1.59. The van der Waals surface area contributed by atoms with Crippen molar-refractivity contribution in [3.63, 3.8) is 0 Å². The Morgan fingerprint density at radius 3 is 1.14 bits per heavy atom. The van der Waals surface area contributed by atoms with Gasteiger partial charge in [0.05, 0.1) is 11.2 Å². The lowest BCUT2D eigenvalue weighted by molar-refractivity contribution is -0.181. The van der Waals surface area contributed by atoms with Crippen molar-refractivity contribution < 1.29 is 19.7 Å². The average molecular weight is 206 g/mol. The Balaban J connectivity index is 4.62. The topological polar surface area (TPSA) is 58.9 Å². The van der Waals surface area contributed by atoms with Gasteiger partial charge in [-0.3, -0.25) is 0 Å². The zero-order valence-corrected chi connectivity index (χ0v) is 9.87. The molecule has 2 N–H and O–H groups in total. The van der Waals surface area contributed by atoms with Crippen LogP contribution < -0.4 is 0 Å². The molecule has 0 aliphatic rings. The van der Waals surface area contributed by atoms with E-state index in [2.05, 4.69) is 0 Å². The second kappa shape index (κ2) is 4.57. The highest BCUT2D eigenvalue weighted by atomic mass is 16.5. The van der Waals surface area contributed by atoms with Crippen molar-refractivity contribution in [1.29, 1.82) is 0 Å². The van der Waals surface area contributed by atoms with Gasteiger partial charge < -0.3 is 19.7 Å². The van der Waals surface area contributed by atoms with Gasteiger partial charge in [0.15, 0.2) is 0 Å². The van der Waals surface area contributed by atoms with Gasteiger partial charge in [-0.05, 0) is 27.7 Å². The van der Waals surface area contributed by atoms with Gasteiger partial charge >= 0.3 is 0 Å². The monoisotopic (exact) mass is 206 g/mol. The maximum Gasteiger partial charge on any atom is 0.111 e. The van der Waals surface area contributed by atoms with Crippen LogP contribution in [0.4, 0.5) is 0 Å². The molecule has 0 rings (SSSR count). The highest BCUT2D eigenvalue weighted by Crippen LogP contribution is 2.24. The second-order valence-electron chi connectivity index (χ2n) is 4.50. The molecule has 0 aliphatic heterocycles. The van der Waals surface area contributed by atoms with E-state index in [9.17, 15) is 10.2 Å². The molecule has 0 aromatic rings. The van der Waals surface area contributed by atoms with E-state index in [1.165, 1.54) is 14.2 Å². The van der Waals surface area contributed by atoms with Gasteiger partial charge in [0.2, 0.25) is 0 Å². The summed E-state index contributed by atoms with van der Waals surface area (Å²) in [5, 5.41) is 19.7. The normalized spacial score (nSPS) is 18.0. The molecular formula is C10H22O4. The summed E-state index contributed by atoms with van der Waals surface area (Å²) < 4.78 is 10.2. The Bertz CT molecular complexity index is 157. The molecule has 0 amide bonds. The van der Waals surface area contributed by atoms with Crippen LogP contribution >= 0.6 is 0 Å². The summed E-state index contributed by atoms with van der Waals surface area (Å²) in [6, 6.07) is 0. The van der Waals surface area contributed by atoms with Crippen LogP contribution in [0, 0.1) is 0 Å². The van der Waals surface area contributed by atoms with Gasteiger partial charge in [-0.25, -0.2) is 0 Å². The molecule has 0 aliphatic carbocycles. The number of hydrogen-bond donors (Lipinski definition) is 2. The first-order chi connectivity index (χ1) is 6.19. The zero-order valence-electron chi connectivity index (χ0n) is 9.87. The third-order valence-corrected chi connectivity index (χ3v) is 2.78. The van der Waals surface area contributed by atoms with E-state index in [0.717, 1.165) is 0 Å². The molecule has 0 fully saturated rings. The second-order valence-corrected chi connectivity index (χ2v) is 4.50. The molecular weight excluding hydrogens is 184 g/mol. The first-order valence-corrected chi connectivity index (χ1v) is 4.65. The molecule has 0 saturated heterocycles. The standard InChI is InChI=1S/C10H22O4/c1-9(2,13-5)7(11)8(12)10(3,4)14-6/h7-8,11-12H,1-6H3/t7-,8?/m1/s1. The predicted molar refractivity (Wildman–Crippen MR) is 54.2 cm³/mol. The minimum Gasteiger partial charge on any atom is -0.387 e. The number of aliphatic hydroxyl groups is 2. The van der Waals surface area contributed by atoms with Gasteiger partial charge in [0.1, 0.15) is 12.2 Å². The van der Waals surface area contributed by atoms with Crippen LogP contribution in [-0.4, -0.2) is 47.8 Å². The fourth-order valence-corrected chi connectivity index (χ4v) is 1.00. The molecule has 4 nitrogen and oxygen atoms in total. The van der Waals surface area contributed by atoms with Crippen LogP contribution in [0.3, 0.4) is 0 Å². The lowest BCUT2D eigenvalue weighted by Gasteiger charge is -2.39. The van der Waals surface area contributed by atoms with Gasteiger partial charge in [0.25, 0.3) is 0 Å². The van der Waals surface area contributed by atoms with Gasteiger partial charge in [-0.15, -0.1) is 0 Å². The summed E-state index contributed by atoms with van der Waals surface area (Å²) in [6.45, 7) is 6.86. The molecule has 0 bridgehead atoms. The highest BCUT2D eigenvalue weighted by Gasteiger charge is 2.41. The maximum absolute atomic E-state index is 9.86. The Hall–Kier alpha value is -0.160. The number of ether oxygens (including phenoxy) is 2. The van der Waals surface area contributed by atoms with Crippen molar-refractivity contribution in [3.05, 3.63) is 0 Å². The fourth-order valence-electron chi connectivity index (χ4n) is 1.00. The van der Waals surface area contributed by atoms with Gasteiger partial charge in [0, 0.05) is 14.2 Å². The molecule has 0 aromatic carbocycles. The largest absolute Gasteiger partial charge is 0.387 e. The Morgan fingerprint density at radius 2 is 1.00 bits per heavy atom. The summed E-state index contributed by atoms with van der Waals surface area (Å²) in [7, 11) is 2.99. The Kier molecular flexibility index (Phi) is 4.52. The molecule has 0 spiro atoms. The summed E-state index contributed by atoms with van der Waals surface area (Å²) in [6.07, 6.45) is -2.00. The van der Waals surface area contributed by atoms with Gasteiger partial charge in [-0.1, -0.05) is 0 Å². The molecule has 0 heterocycles. The SMILES string of the molecule is COC(C)(C)C(O)[C@@H](O)C(C)(C)OC. The quantitative estimate of drug-likeness (QED) is 0.690. The van der Waals surface area contributed by atoms with Crippen LogP contribution in [0.25, 0.3) is 0 Å². The van der Waals surface area contributed by atoms with Crippen LogP contribution in [0.1, 0.15) is 27.7 Å². The van der Waals surface area contributed by atoms with Crippen molar-refractivity contribution in [2.75, 3.05) is 14.2 Å². The van der Waals surface area contributed by atoms with E-state index in [1.807, 2.05) is 0 Å². The van der Waals surface area contributed by atoms with E-state index in [4.69, 9.17) is 9.47 Å². The fraction of sp³-hybridized carbons (Fsp3) is 1.00. The molecule has 0 aromatic heterocycles. The van der Waals surface area contributed by atoms with E-state index in [0.29, 0.717) is 0 Å². The smallest absolute Gasteiger partial charge is 0.111 e. The molecule has 14 heavy (non-hydrogen) atoms. The highest BCUT2D eigenvalue weighted by molar-refractivity contribution is 4.92. The first kappa shape index (κ1) is 13.8. The van der Waals surface area contributed by atoms with E-state index >= 15 is 0 Å². The molecule has 2 atom stereocenters.